The minimum atomic E-state index is -4.86. The molecule has 0 radical (unpaired) electrons. The van der Waals surface area contributed by atoms with Gasteiger partial charge in [-0.3, -0.25) is 0 Å². The molecule has 0 saturated heterocycles. The Hall–Kier alpha value is -0.523. The Balaban J connectivity index is 4.20. The summed E-state index contributed by atoms with van der Waals surface area (Å²) in [7, 11) is -2.42. The Morgan fingerprint density at radius 3 is 2.08 bits per heavy atom. The van der Waals surface area contributed by atoms with Crippen LogP contribution in [0.2, 0.25) is 19.1 Å². The quantitative estimate of drug-likeness (QED) is 0.639. The Morgan fingerprint density at radius 2 is 1.83 bits per heavy atom. The molecule has 0 spiro atoms. The fourth-order valence-electron chi connectivity index (χ4n) is 0.381. The first-order valence-corrected chi connectivity index (χ1v) is 6.61. The van der Waals surface area contributed by atoms with Crippen molar-refractivity contribution in [1.82, 2.24) is 0 Å². The number of rotatable bonds is 2. The van der Waals surface area contributed by atoms with Gasteiger partial charge in [-0.05, 0) is 19.1 Å². The lowest BCUT2D eigenvalue weighted by Crippen LogP contribution is -2.38. The van der Waals surface area contributed by atoms with E-state index in [4.69, 9.17) is 0 Å². The maximum absolute atomic E-state index is 11.7. The molecule has 0 atom stereocenters. The molecule has 0 amide bonds. The van der Waals surface area contributed by atoms with E-state index >= 15 is 0 Å². The Bertz CT molecular complexity index is 176. The third-order valence-corrected chi connectivity index (χ3v) is 3.89. The fraction of sp³-hybridized carbons (Fsp3) is 0.833. The second kappa shape index (κ2) is 3.47. The second-order valence-corrected chi connectivity index (χ2v) is 7.43. The van der Waals surface area contributed by atoms with E-state index in [9.17, 15) is 18.0 Å². The summed E-state index contributed by atoms with van der Waals surface area (Å²) in [4.78, 5) is 10.3. The minimum Gasteiger partial charge on any atom is -0.513 e. The molecule has 0 aliphatic rings. The van der Waals surface area contributed by atoms with E-state index in [1.54, 1.807) is 20.0 Å². The first-order chi connectivity index (χ1) is 5.19. The van der Waals surface area contributed by atoms with Crippen molar-refractivity contribution in [1.29, 1.82) is 0 Å². The summed E-state index contributed by atoms with van der Waals surface area (Å²) in [5, 5.41) is 0. The number of carbonyl (C=O) groups is 1. The smallest absolute Gasteiger partial charge is 0.489 e. The summed E-state index contributed by atoms with van der Waals surface area (Å²) in [6.07, 6.45) is -4.86. The van der Waals surface area contributed by atoms with E-state index in [-0.39, 0.29) is 0 Å². The average molecular weight is 200 g/mol. The first kappa shape index (κ1) is 11.5. The van der Waals surface area contributed by atoms with E-state index in [0.717, 1.165) is 0 Å². The minimum absolute atomic E-state index is 0.481. The number of hydrogen-bond donors (Lipinski definition) is 0. The van der Waals surface area contributed by atoms with Crippen molar-refractivity contribution >= 4 is 14.3 Å². The maximum atomic E-state index is 11.7. The largest absolute Gasteiger partial charge is 0.513 e. The van der Waals surface area contributed by atoms with Crippen LogP contribution in [0.4, 0.5) is 13.2 Å². The van der Waals surface area contributed by atoms with Crippen LogP contribution in [0.1, 0.15) is 6.92 Å². The van der Waals surface area contributed by atoms with Gasteiger partial charge in [0.2, 0.25) is 8.32 Å². The van der Waals surface area contributed by atoms with Gasteiger partial charge in [0.15, 0.2) is 0 Å². The monoisotopic (exact) mass is 200 g/mol. The summed E-state index contributed by atoms with van der Waals surface area (Å²) in [5.74, 6) is -2.07. The molecule has 0 saturated carbocycles. The molecule has 72 valence electrons. The molecule has 0 aromatic rings. The third kappa shape index (κ3) is 3.75. The Labute approximate surface area is 69.8 Å². The zero-order chi connectivity index (χ0) is 9.99. The molecule has 0 aliphatic heterocycles. The van der Waals surface area contributed by atoms with E-state index in [0.29, 0.717) is 6.04 Å². The van der Waals surface area contributed by atoms with Crippen LogP contribution in [0.15, 0.2) is 0 Å². The molecular weight excluding hydrogens is 189 g/mol. The van der Waals surface area contributed by atoms with Gasteiger partial charge in [-0.1, -0.05) is 6.92 Å². The number of alkyl halides is 3. The lowest BCUT2D eigenvalue weighted by molar-refractivity contribution is -0.190. The van der Waals surface area contributed by atoms with Gasteiger partial charge in [0.1, 0.15) is 0 Å². The number of halogens is 3. The molecule has 0 unspecified atom stereocenters. The molecule has 0 heterocycles. The predicted molar refractivity (Wildman–Crippen MR) is 40.1 cm³/mol. The van der Waals surface area contributed by atoms with Gasteiger partial charge >= 0.3 is 12.1 Å². The van der Waals surface area contributed by atoms with Crippen LogP contribution < -0.4 is 0 Å². The Morgan fingerprint density at radius 1 is 1.42 bits per heavy atom. The van der Waals surface area contributed by atoms with Crippen LogP contribution in [0.5, 0.6) is 0 Å². The van der Waals surface area contributed by atoms with Crippen LogP contribution in [-0.2, 0) is 9.22 Å². The van der Waals surface area contributed by atoms with Crippen LogP contribution in [0, 0.1) is 0 Å². The van der Waals surface area contributed by atoms with Gasteiger partial charge in [-0.15, -0.1) is 0 Å². The van der Waals surface area contributed by atoms with Crippen molar-refractivity contribution < 1.29 is 22.4 Å². The summed E-state index contributed by atoms with van der Waals surface area (Å²) in [5.41, 5.74) is 0. The van der Waals surface area contributed by atoms with E-state index in [1.807, 2.05) is 0 Å². The lowest BCUT2D eigenvalue weighted by atomic mass is 10.7. The second-order valence-electron chi connectivity index (χ2n) is 3.00. The van der Waals surface area contributed by atoms with E-state index < -0.39 is 20.5 Å². The molecule has 0 N–H and O–H groups in total. The highest BCUT2D eigenvalue weighted by Gasteiger charge is 2.43. The summed E-state index contributed by atoms with van der Waals surface area (Å²) in [6.45, 7) is 4.84. The topological polar surface area (TPSA) is 26.3 Å². The van der Waals surface area contributed by atoms with E-state index in [2.05, 4.69) is 4.43 Å². The van der Waals surface area contributed by atoms with Gasteiger partial charge in [0.05, 0.1) is 0 Å². The number of carbonyl (C=O) groups excluding carboxylic acids is 1. The van der Waals surface area contributed by atoms with Crippen molar-refractivity contribution in [3.63, 3.8) is 0 Å². The predicted octanol–water partition coefficient (Wildman–Crippen LogP) is 2.32. The van der Waals surface area contributed by atoms with Gasteiger partial charge in [-0.25, -0.2) is 4.79 Å². The highest BCUT2D eigenvalue weighted by Crippen LogP contribution is 2.20. The third-order valence-electron chi connectivity index (χ3n) is 1.45. The molecule has 0 aromatic heterocycles. The Kier molecular flexibility index (Phi) is 3.31. The maximum Gasteiger partial charge on any atom is 0.489 e. The standard InChI is InChI=1S/C6H11F3O2Si/c1-4-12(2,3)11-5(10)6(7,8)9/h4H2,1-3H3. The molecule has 0 fully saturated rings. The normalized spacial score (nSPS) is 12.8. The highest BCUT2D eigenvalue weighted by molar-refractivity contribution is 6.72. The SMILES string of the molecule is CC[Si](C)(C)OC(=O)C(F)(F)F. The fourth-order valence-corrected chi connectivity index (χ4v) is 1.14. The van der Waals surface area contributed by atoms with Gasteiger partial charge in [0.25, 0.3) is 0 Å². The number of hydrogen-bond acceptors (Lipinski definition) is 2. The van der Waals surface area contributed by atoms with Crippen molar-refractivity contribution in [2.45, 2.75) is 32.2 Å². The molecule has 0 rings (SSSR count). The van der Waals surface area contributed by atoms with Crippen LogP contribution in [0.3, 0.4) is 0 Å². The van der Waals surface area contributed by atoms with Crippen molar-refractivity contribution in [2.75, 3.05) is 0 Å². The van der Waals surface area contributed by atoms with Gasteiger partial charge < -0.3 is 4.43 Å². The van der Waals surface area contributed by atoms with Crippen molar-refractivity contribution in [2.24, 2.45) is 0 Å². The molecule has 2 nitrogen and oxygen atoms in total. The lowest BCUT2D eigenvalue weighted by Gasteiger charge is -2.21. The zero-order valence-electron chi connectivity index (χ0n) is 7.16. The van der Waals surface area contributed by atoms with Crippen LogP contribution >= 0.6 is 0 Å². The molecular formula is C6H11F3O2Si. The molecule has 0 aliphatic carbocycles. The van der Waals surface area contributed by atoms with Crippen LogP contribution in [0.25, 0.3) is 0 Å². The highest BCUT2D eigenvalue weighted by atomic mass is 28.4. The van der Waals surface area contributed by atoms with Gasteiger partial charge in [0, 0.05) is 0 Å². The zero-order valence-corrected chi connectivity index (χ0v) is 8.16. The summed E-state index contributed by atoms with van der Waals surface area (Å²) < 4.78 is 39.3. The molecule has 0 aromatic carbocycles. The average Bonchev–Trinajstić information content (AvgIpc) is 1.85. The molecule has 12 heavy (non-hydrogen) atoms. The van der Waals surface area contributed by atoms with Crippen molar-refractivity contribution in [3.05, 3.63) is 0 Å². The molecule has 0 bridgehead atoms. The summed E-state index contributed by atoms with van der Waals surface area (Å²) >= 11 is 0. The summed E-state index contributed by atoms with van der Waals surface area (Å²) in [6, 6.07) is 0.481. The van der Waals surface area contributed by atoms with E-state index in [1.165, 1.54) is 0 Å². The van der Waals surface area contributed by atoms with Crippen LogP contribution in [-0.4, -0.2) is 20.5 Å². The van der Waals surface area contributed by atoms with Crippen molar-refractivity contribution in [3.8, 4) is 0 Å². The van der Waals surface area contributed by atoms with Gasteiger partial charge in [-0.2, -0.15) is 13.2 Å². The molecule has 6 heteroatoms. The first-order valence-electron chi connectivity index (χ1n) is 3.49.